The van der Waals surface area contributed by atoms with Crippen molar-refractivity contribution in [2.24, 2.45) is 0 Å². The van der Waals surface area contributed by atoms with Gasteiger partial charge in [-0.1, -0.05) is 36.4 Å². The van der Waals surface area contributed by atoms with Crippen LogP contribution in [0.1, 0.15) is 22.7 Å². The van der Waals surface area contributed by atoms with Crippen molar-refractivity contribution in [3.63, 3.8) is 0 Å². The first-order valence-corrected chi connectivity index (χ1v) is 8.24. The maximum atomic E-state index is 14.6. The van der Waals surface area contributed by atoms with Crippen molar-refractivity contribution in [1.82, 2.24) is 15.2 Å². The van der Waals surface area contributed by atoms with Gasteiger partial charge in [0.15, 0.2) is 0 Å². The van der Waals surface area contributed by atoms with Crippen molar-refractivity contribution < 1.29 is 13.6 Å². The highest BCUT2D eigenvalue weighted by molar-refractivity contribution is 5.85. The third-order valence-corrected chi connectivity index (χ3v) is 4.64. The number of benzene rings is 1. The van der Waals surface area contributed by atoms with Gasteiger partial charge in [0.05, 0.1) is 0 Å². The Bertz CT molecular complexity index is 751. The standard InChI is InChI=1S/C19H21F2N3O/c1-13-7-6-10-22-17(13)19(20,21)18(25)23-16-12-24(2)11-15(16)14-8-4-3-5-9-14/h3-10,15-16H,11-12H2,1-2H3,(H,23,25)/t15-,16+/m1/s1. The second-order valence-electron chi connectivity index (χ2n) is 6.56. The molecule has 2 aromatic rings. The molecule has 1 aliphatic heterocycles. The van der Waals surface area contributed by atoms with E-state index in [0.717, 1.165) is 5.56 Å². The number of rotatable bonds is 4. The average Bonchev–Trinajstić information content (AvgIpc) is 2.96. The molecule has 1 fully saturated rings. The molecule has 0 saturated carbocycles. The molecule has 1 saturated heterocycles. The number of alkyl halides is 2. The molecule has 0 spiro atoms. The molecule has 1 aliphatic rings. The van der Waals surface area contributed by atoms with E-state index in [1.165, 1.54) is 19.2 Å². The number of nitrogens with one attached hydrogen (secondary N) is 1. The van der Waals surface area contributed by atoms with Gasteiger partial charge in [0, 0.05) is 31.2 Å². The Hall–Kier alpha value is -2.34. The Labute approximate surface area is 145 Å². The van der Waals surface area contributed by atoms with E-state index >= 15 is 0 Å². The first-order valence-electron chi connectivity index (χ1n) is 8.24. The summed E-state index contributed by atoms with van der Waals surface area (Å²) in [5.41, 5.74) is 0.843. The summed E-state index contributed by atoms with van der Waals surface area (Å²) in [5, 5.41) is 2.55. The Balaban J connectivity index is 1.80. The van der Waals surface area contributed by atoms with E-state index in [4.69, 9.17) is 0 Å². The van der Waals surface area contributed by atoms with Gasteiger partial charge in [-0.3, -0.25) is 9.78 Å². The van der Waals surface area contributed by atoms with Gasteiger partial charge < -0.3 is 10.2 Å². The SMILES string of the molecule is Cc1cccnc1C(F)(F)C(=O)N[C@H]1CN(C)C[C@@H]1c1ccccc1. The molecule has 1 aromatic carbocycles. The van der Waals surface area contributed by atoms with Crippen LogP contribution in [0.4, 0.5) is 8.78 Å². The van der Waals surface area contributed by atoms with Crippen LogP contribution < -0.4 is 5.32 Å². The Morgan fingerprint density at radius 1 is 1.20 bits per heavy atom. The highest BCUT2D eigenvalue weighted by Gasteiger charge is 2.46. The smallest absolute Gasteiger partial charge is 0.346 e. The fraction of sp³-hybridized carbons (Fsp3) is 0.368. The van der Waals surface area contributed by atoms with Gasteiger partial charge in [-0.25, -0.2) is 0 Å². The van der Waals surface area contributed by atoms with Crippen LogP contribution in [-0.2, 0) is 10.7 Å². The lowest BCUT2D eigenvalue weighted by atomic mass is 9.94. The number of hydrogen-bond acceptors (Lipinski definition) is 3. The van der Waals surface area contributed by atoms with E-state index < -0.39 is 17.5 Å². The highest BCUT2D eigenvalue weighted by atomic mass is 19.3. The number of pyridine rings is 1. The molecular formula is C19H21F2N3O. The summed E-state index contributed by atoms with van der Waals surface area (Å²) in [6.45, 7) is 2.77. The normalized spacial score (nSPS) is 21.3. The van der Waals surface area contributed by atoms with E-state index in [1.54, 1.807) is 6.07 Å². The van der Waals surface area contributed by atoms with Gasteiger partial charge in [-0.2, -0.15) is 8.78 Å². The predicted octanol–water partition coefficient (Wildman–Crippen LogP) is 2.70. The summed E-state index contributed by atoms with van der Waals surface area (Å²) in [5.74, 6) is -4.97. The van der Waals surface area contributed by atoms with Gasteiger partial charge >= 0.3 is 5.92 Å². The fourth-order valence-electron chi connectivity index (χ4n) is 3.37. The third kappa shape index (κ3) is 3.54. The maximum absolute atomic E-state index is 14.6. The number of likely N-dealkylation sites (N-methyl/N-ethyl adjacent to an activating group) is 1. The molecule has 3 rings (SSSR count). The number of aryl methyl sites for hydroxylation is 1. The minimum atomic E-state index is -3.66. The van der Waals surface area contributed by atoms with Crippen molar-refractivity contribution in [1.29, 1.82) is 0 Å². The van der Waals surface area contributed by atoms with Gasteiger partial charge in [0.1, 0.15) is 5.69 Å². The van der Waals surface area contributed by atoms with Crippen LogP contribution in [0.2, 0.25) is 0 Å². The molecule has 1 aromatic heterocycles. The summed E-state index contributed by atoms with van der Waals surface area (Å²) >= 11 is 0. The average molecular weight is 345 g/mol. The number of nitrogens with zero attached hydrogens (tertiary/aromatic N) is 2. The molecule has 0 aliphatic carbocycles. The predicted molar refractivity (Wildman–Crippen MR) is 91.5 cm³/mol. The van der Waals surface area contributed by atoms with Gasteiger partial charge in [0.2, 0.25) is 0 Å². The van der Waals surface area contributed by atoms with Crippen molar-refractivity contribution in [2.45, 2.75) is 24.8 Å². The number of hydrogen-bond donors (Lipinski definition) is 1. The molecule has 0 radical (unpaired) electrons. The minimum absolute atomic E-state index is 0.0178. The lowest BCUT2D eigenvalue weighted by Crippen LogP contribution is -2.47. The fourth-order valence-corrected chi connectivity index (χ4v) is 3.37. The van der Waals surface area contributed by atoms with Gasteiger partial charge in [-0.15, -0.1) is 0 Å². The summed E-state index contributed by atoms with van der Waals surface area (Å²) in [4.78, 5) is 18.1. The van der Waals surface area contributed by atoms with Crippen molar-refractivity contribution >= 4 is 5.91 Å². The van der Waals surface area contributed by atoms with E-state index in [-0.39, 0.29) is 12.0 Å². The van der Waals surface area contributed by atoms with E-state index in [1.807, 2.05) is 42.3 Å². The number of carbonyl (C=O) groups excluding carboxylic acids is 1. The zero-order valence-electron chi connectivity index (χ0n) is 14.2. The second-order valence-corrected chi connectivity index (χ2v) is 6.56. The molecule has 0 unspecified atom stereocenters. The van der Waals surface area contributed by atoms with Crippen LogP contribution in [0.15, 0.2) is 48.7 Å². The molecule has 25 heavy (non-hydrogen) atoms. The largest absolute Gasteiger partial charge is 0.366 e. The van der Waals surface area contributed by atoms with Gasteiger partial charge in [-0.05, 0) is 31.2 Å². The van der Waals surface area contributed by atoms with E-state index in [2.05, 4.69) is 10.3 Å². The summed E-state index contributed by atoms with van der Waals surface area (Å²) < 4.78 is 29.2. The number of amides is 1. The van der Waals surface area contributed by atoms with Crippen LogP contribution in [0, 0.1) is 6.92 Å². The van der Waals surface area contributed by atoms with Crippen molar-refractivity contribution in [2.75, 3.05) is 20.1 Å². The number of aromatic nitrogens is 1. The first kappa shape index (κ1) is 17.5. The van der Waals surface area contributed by atoms with Gasteiger partial charge in [0.25, 0.3) is 5.91 Å². The van der Waals surface area contributed by atoms with Crippen LogP contribution in [0.3, 0.4) is 0 Å². The number of likely N-dealkylation sites (tertiary alicyclic amines) is 1. The molecule has 1 N–H and O–H groups in total. The topological polar surface area (TPSA) is 45.2 Å². The van der Waals surface area contributed by atoms with Crippen molar-refractivity contribution in [3.8, 4) is 0 Å². The summed E-state index contributed by atoms with van der Waals surface area (Å²) in [6, 6.07) is 12.4. The maximum Gasteiger partial charge on any atom is 0.366 e. The van der Waals surface area contributed by atoms with E-state index in [9.17, 15) is 13.6 Å². The van der Waals surface area contributed by atoms with Crippen LogP contribution in [0.25, 0.3) is 0 Å². The molecular weight excluding hydrogens is 324 g/mol. The molecule has 6 heteroatoms. The first-order chi connectivity index (χ1) is 11.9. The van der Waals surface area contributed by atoms with Crippen LogP contribution in [0.5, 0.6) is 0 Å². The molecule has 1 amide bonds. The Morgan fingerprint density at radius 3 is 2.60 bits per heavy atom. The van der Waals surface area contributed by atoms with E-state index in [0.29, 0.717) is 18.7 Å². The second kappa shape index (κ2) is 6.88. The molecule has 4 nitrogen and oxygen atoms in total. The third-order valence-electron chi connectivity index (χ3n) is 4.64. The summed E-state index contributed by atoms with van der Waals surface area (Å²) in [7, 11) is 1.92. The minimum Gasteiger partial charge on any atom is -0.346 e. The van der Waals surface area contributed by atoms with Crippen molar-refractivity contribution in [3.05, 3.63) is 65.5 Å². The lowest BCUT2D eigenvalue weighted by Gasteiger charge is -2.24. The number of carbonyl (C=O) groups is 1. The Kier molecular flexibility index (Phi) is 4.81. The number of halogens is 2. The van der Waals surface area contributed by atoms with Crippen LogP contribution >= 0.6 is 0 Å². The zero-order chi connectivity index (χ0) is 18.0. The monoisotopic (exact) mass is 345 g/mol. The Morgan fingerprint density at radius 2 is 1.92 bits per heavy atom. The lowest BCUT2D eigenvalue weighted by molar-refractivity contribution is -0.148. The molecule has 132 valence electrons. The quantitative estimate of drug-likeness (QED) is 0.927. The molecule has 2 atom stereocenters. The summed E-state index contributed by atoms with van der Waals surface area (Å²) in [6.07, 6.45) is 1.28. The molecule has 2 heterocycles. The van der Waals surface area contributed by atoms with Crippen LogP contribution in [-0.4, -0.2) is 42.0 Å². The highest BCUT2D eigenvalue weighted by Crippen LogP contribution is 2.31. The zero-order valence-corrected chi connectivity index (χ0v) is 14.2. The molecule has 0 bridgehead atoms.